The van der Waals surface area contributed by atoms with E-state index in [-0.39, 0.29) is 24.8 Å². The molecule has 142 valence electrons. The van der Waals surface area contributed by atoms with E-state index in [0.29, 0.717) is 25.3 Å². The SMILES string of the molecule is CC1CC(C(=O)O)CN(C(=O)Cc2cccc(OCc3cccnc3)c2)C1. The van der Waals surface area contributed by atoms with E-state index in [0.717, 1.165) is 11.1 Å². The van der Waals surface area contributed by atoms with Crippen LogP contribution in [0.25, 0.3) is 0 Å². The van der Waals surface area contributed by atoms with E-state index in [2.05, 4.69) is 4.98 Å². The molecule has 1 aromatic heterocycles. The quantitative estimate of drug-likeness (QED) is 0.848. The fourth-order valence-corrected chi connectivity index (χ4v) is 3.42. The number of carbonyl (C=O) groups is 2. The molecule has 2 heterocycles. The number of nitrogens with zero attached hydrogens (tertiary/aromatic N) is 2. The third-order valence-electron chi connectivity index (χ3n) is 4.74. The minimum absolute atomic E-state index is 0.0443. The van der Waals surface area contributed by atoms with Crippen LogP contribution in [0.3, 0.4) is 0 Å². The van der Waals surface area contributed by atoms with Crippen molar-refractivity contribution in [2.75, 3.05) is 13.1 Å². The van der Waals surface area contributed by atoms with Crippen molar-refractivity contribution in [3.05, 3.63) is 59.9 Å². The second kappa shape index (κ2) is 8.66. The van der Waals surface area contributed by atoms with Crippen molar-refractivity contribution in [1.82, 2.24) is 9.88 Å². The fraction of sp³-hybridized carbons (Fsp3) is 0.381. The van der Waals surface area contributed by atoms with Crippen LogP contribution in [0, 0.1) is 11.8 Å². The Labute approximate surface area is 158 Å². The Hall–Kier alpha value is -2.89. The van der Waals surface area contributed by atoms with Gasteiger partial charge < -0.3 is 14.7 Å². The van der Waals surface area contributed by atoms with Gasteiger partial charge in [-0.25, -0.2) is 0 Å². The monoisotopic (exact) mass is 368 g/mol. The molecule has 2 atom stereocenters. The standard InChI is InChI=1S/C21H24N2O4/c1-15-8-18(21(25)26)13-23(12-15)20(24)10-16-4-2-6-19(9-16)27-14-17-5-3-7-22-11-17/h2-7,9,11,15,18H,8,10,12-14H2,1H3,(H,25,26). The summed E-state index contributed by atoms with van der Waals surface area (Å²) in [6, 6.07) is 11.3. The molecule has 6 heteroatoms. The molecule has 1 aliphatic heterocycles. The van der Waals surface area contributed by atoms with Crippen LogP contribution in [0.5, 0.6) is 5.75 Å². The molecule has 0 bridgehead atoms. The molecule has 1 amide bonds. The summed E-state index contributed by atoms with van der Waals surface area (Å²) in [6.45, 7) is 3.30. The number of aromatic nitrogens is 1. The highest BCUT2D eigenvalue weighted by atomic mass is 16.5. The summed E-state index contributed by atoms with van der Waals surface area (Å²) in [7, 11) is 0. The van der Waals surface area contributed by atoms with Gasteiger partial charge in [-0.2, -0.15) is 0 Å². The lowest BCUT2D eigenvalue weighted by molar-refractivity contribution is -0.146. The van der Waals surface area contributed by atoms with Crippen LogP contribution in [-0.4, -0.2) is 40.0 Å². The molecule has 1 aliphatic rings. The van der Waals surface area contributed by atoms with E-state index in [1.54, 1.807) is 17.3 Å². The number of carboxylic acids is 1. The first kappa shape index (κ1) is 18.9. The van der Waals surface area contributed by atoms with Crippen molar-refractivity contribution in [2.24, 2.45) is 11.8 Å². The van der Waals surface area contributed by atoms with E-state index in [4.69, 9.17) is 4.74 Å². The Morgan fingerprint density at radius 2 is 2.04 bits per heavy atom. The number of piperidine rings is 1. The number of likely N-dealkylation sites (tertiary alicyclic amines) is 1. The van der Waals surface area contributed by atoms with E-state index < -0.39 is 11.9 Å². The number of pyridine rings is 1. The van der Waals surface area contributed by atoms with Gasteiger partial charge in [0.25, 0.3) is 0 Å². The van der Waals surface area contributed by atoms with Crippen LogP contribution in [0.1, 0.15) is 24.5 Å². The Balaban J connectivity index is 1.60. The van der Waals surface area contributed by atoms with Crippen molar-refractivity contribution in [1.29, 1.82) is 0 Å². The molecule has 0 spiro atoms. The van der Waals surface area contributed by atoms with Crippen LogP contribution in [0.4, 0.5) is 0 Å². The molecular weight excluding hydrogens is 344 g/mol. The van der Waals surface area contributed by atoms with Gasteiger partial charge in [-0.05, 0) is 36.1 Å². The van der Waals surface area contributed by atoms with E-state index in [1.807, 2.05) is 43.3 Å². The molecule has 0 aliphatic carbocycles. The summed E-state index contributed by atoms with van der Waals surface area (Å²) in [5.74, 6) is -0.466. The van der Waals surface area contributed by atoms with Crippen LogP contribution in [0.15, 0.2) is 48.8 Å². The summed E-state index contributed by atoms with van der Waals surface area (Å²) in [5, 5.41) is 9.28. The third kappa shape index (κ3) is 5.29. The number of ether oxygens (including phenoxy) is 1. The minimum Gasteiger partial charge on any atom is -0.489 e. The molecule has 1 aromatic carbocycles. The zero-order chi connectivity index (χ0) is 19.2. The summed E-state index contributed by atoms with van der Waals surface area (Å²) in [6.07, 6.45) is 4.33. The van der Waals surface area contributed by atoms with Gasteiger partial charge in [-0.3, -0.25) is 14.6 Å². The normalized spacial score (nSPS) is 19.5. The van der Waals surface area contributed by atoms with Crippen molar-refractivity contribution in [2.45, 2.75) is 26.4 Å². The number of rotatable bonds is 6. The predicted molar refractivity (Wildman–Crippen MR) is 100 cm³/mol. The smallest absolute Gasteiger partial charge is 0.308 e. The maximum absolute atomic E-state index is 12.7. The van der Waals surface area contributed by atoms with E-state index >= 15 is 0 Å². The number of aliphatic carboxylic acids is 1. The van der Waals surface area contributed by atoms with Gasteiger partial charge in [-0.1, -0.05) is 25.1 Å². The van der Waals surface area contributed by atoms with Gasteiger partial charge in [0, 0.05) is 31.0 Å². The molecule has 1 saturated heterocycles. The number of hydrogen-bond donors (Lipinski definition) is 1. The highest BCUT2D eigenvalue weighted by Crippen LogP contribution is 2.23. The molecule has 3 rings (SSSR count). The van der Waals surface area contributed by atoms with Crippen molar-refractivity contribution in [3.8, 4) is 5.75 Å². The van der Waals surface area contributed by atoms with Crippen molar-refractivity contribution in [3.63, 3.8) is 0 Å². The average molecular weight is 368 g/mol. The topological polar surface area (TPSA) is 79.7 Å². The van der Waals surface area contributed by atoms with Gasteiger partial charge in [-0.15, -0.1) is 0 Å². The Morgan fingerprint density at radius 1 is 1.22 bits per heavy atom. The first-order valence-electron chi connectivity index (χ1n) is 9.12. The summed E-state index contributed by atoms with van der Waals surface area (Å²) >= 11 is 0. The molecule has 2 aromatic rings. The van der Waals surface area contributed by atoms with Crippen molar-refractivity contribution >= 4 is 11.9 Å². The van der Waals surface area contributed by atoms with Crippen LogP contribution < -0.4 is 4.74 Å². The minimum atomic E-state index is -0.829. The zero-order valence-corrected chi connectivity index (χ0v) is 15.4. The van der Waals surface area contributed by atoms with Gasteiger partial charge in [0.15, 0.2) is 0 Å². The lowest BCUT2D eigenvalue weighted by Gasteiger charge is -2.34. The van der Waals surface area contributed by atoms with Gasteiger partial charge in [0.05, 0.1) is 12.3 Å². The number of carboxylic acid groups (broad SMARTS) is 1. The molecule has 1 N–H and O–H groups in total. The number of carbonyl (C=O) groups excluding carboxylic acids is 1. The maximum Gasteiger partial charge on any atom is 0.308 e. The second-order valence-electron chi connectivity index (χ2n) is 7.15. The highest BCUT2D eigenvalue weighted by Gasteiger charge is 2.31. The van der Waals surface area contributed by atoms with Gasteiger partial charge in [0.2, 0.25) is 5.91 Å². The molecular formula is C21H24N2O4. The highest BCUT2D eigenvalue weighted by molar-refractivity contribution is 5.80. The molecule has 0 radical (unpaired) electrons. The molecule has 27 heavy (non-hydrogen) atoms. The van der Waals surface area contributed by atoms with Gasteiger partial charge >= 0.3 is 5.97 Å². The van der Waals surface area contributed by atoms with Crippen LogP contribution >= 0.6 is 0 Å². The number of benzene rings is 1. The second-order valence-corrected chi connectivity index (χ2v) is 7.15. The summed E-state index contributed by atoms with van der Waals surface area (Å²) in [5.41, 5.74) is 1.83. The largest absolute Gasteiger partial charge is 0.489 e. The van der Waals surface area contributed by atoms with E-state index in [1.165, 1.54) is 0 Å². The Morgan fingerprint density at radius 3 is 2.78 bits per heavy atom. The van der Waals surface area contributed by atoms with Crippen LogP contribution in [0.2, 0.25) is 0 Å². The Kier molecular flexibility index (Phi) is 6.06. The first-order chi connectivity index (χ1) is 13.0. The maximum atomic E-state index is 12.7. The average Bonchev–Trinajstić information content (AvgIpc) is 2.67. The lowest BCUT2D eigenvalue weighted by Crippen LogP contribution is -2.46. The van der Waals surface area contributed by atoms with Crippen molar-refractivity contribution < 1.29 is 19.4 Å². The Bertz CT molecular complexity index is 794. The summed E-state index contributed by atoms with van der Waals surface area (Å²) < 4.78 is 5.78. The van der Waals surface area contributed by atoms with Crippen LogP contribution in [-0.2, 0) is 22.6 Å². The zero-order valence-electron chi connectivity index (χ0n) is 15.4. The lowest BCUT2D eigenvalue weighted by atomic mass is 9.90. The van der Waals surface area contributed by atoms with E-state index in [9.17, 15) is 14.7 Å². The number of hydrogen-bond acceptors (Lipinski definition) is 4. The fourth-order valence-electron chi connectivity index (χ4n) is 3.42. The molecule has 6 nitrogen and oxygen atoms in total. The molecule has 2 unspecified atom stereocenters. The third-order valence-corrected chi connectivity index (χ3v) is 4.74. The van der Waals surface area contributed by atoms with Gasteiger partial charge in [0.1, 0.15) is 12.4 Å². The predicted octanol–water partition coefficient (Wildman–Crippen LogP) is 2.77. The number of amides is 1. The molecule has 1 fully saturated rings. The first-order valence-corrected chi connectivity index (χ1v) is 9.12. The summed E-state index contributed by atoms with van der Waals surface area (Å²) in [4.78, 5) is 29.7. The molecule has 0 saturated carbocycles.